The molecule has 24 heavy (non-hydrogen) atoms. The number of amides is 1. The molecule has 0 bridgehead atoms. The third kappa shape index (κ3) is 4.39. The lowest BCUT2D eigenvalue weighted by Crippen LogP contribution is -2.36. The minimum atomic E-state index is -1.04. The van der Waals surface area contributed by atoms with E-state index in [9.17, 15) is 9.59 Å². The van der Waals surface area contributed by atoms with E-state index in [-0.39, 0.29) is 18.1 Å². The van der Waals surface area contributed by atoms with Crippen LogP contribution in [0.1, 0.15) is 28.8 Å². The van der Waals surface area contributed by atoms with Crippen LogP contribution in [-0.2, 0) is 16.1 Å². The highest BCUT2D eigenvalue weighted by atomic mass is 32.1. The molecule has 0 atom stereocenters. The largest absolute Gasteiger partial charge is 0.480 e. The molecule has 1 heterocycles. The molecule has 2 aromatic rings. The van der Waals surface area contributed by atoms with E-state index in [1.807, 2.05) is 37.3 Å². The number of nitrogens with zero attached hydrogens (tertiary/aromatic N) is 2. The predicted molar refractivity (Wildman–Crippen MR) is 92.1 cm³/mol. The number of carbonyl (C=O) groups is 2. The number of hydrogen-bond acceptors (Lipinski definition) is 5. The lowest BCUT2D eigenvalue weighted by molar-refractivity contribution is -0.137. The maximum atomic E-state index is 12.8. The molecule has 1 aromatic carbocycles. The first kappa shape index (κ1) is 18.1. The second-order valence-corrected chi connectivity index (χ2v) is 6.29. The summed E-state index contributed by atoms with van der Waals surface area (Å²) in [6, 6.07) is 9.49. The first-order valence-corrected chi connectivity index (χ1v) is 8.43. The van der Waals surface area contributed by atoms with Crippen molar-refractivity contribution in [2.24, 2.45) is 0 Å². The van der Waals surface area contributed by atoms with Gasteiger partial charge in [-0.25, -0.2) is 4.98 Å². The summed E-state index contributed by atoms with van der Waals surface area (Å²) < 4.78 is 5.11. The minimum Gasteiger partial charge on any atom is -0.480 e. The Morgan fingerprint density at radius 3 is 2.58 bits per heavy atom. The van der Waals surface area contributed by atoms with Crippen LogP contribution < -0.4 is 0 Å². The van der Waals surface area contributed by atoms with Gasteiger partial charge in [-0.15, -0.1) is 11.3 Å². The van der Waals surface area contributed by atoms with Gasteiger partial charge in [-0.1, -0.05) is 37.3 Å². The molecule has 1 aromatic heterocycles. The molecule has 0 aliphatic rings. The van der Waals surface area contributed by atoms with E-state index in [2.05, 4.69) is 4.98 Å². The molecule has 7 heteroatoms. The SMILES string of the molecule is CCCN(CC(=O)O)C(=O)c1nc(COC)sc1-c1ccccc1. The van der Waals surface area contributed by atoms with E-state index in [0.29, 0.717) is 24.6 Å². The summed E-state index contributed by atoms with van der Waals surface area (Å²) >= 11 is 1.39. The first-order valence-electron chi connectivity index (χ1n) is 7.62. The van der Waals surface area contributed by atoms with E-state index in [1.165, 1.54) is 16.2 Å². The molecule has 0 radical (unpaired) electrons. The molecule has 0 fully saturated rings. The number of thiazole rings is 1. The Hall–Kier alpha value is -2.25. The molecule has 1 amide bonds. The smallest absolute Gasteiger partial charge is 0.323 e. The van der Waals surface area contributed by atoms with Crippen LogP contribution in [0.25, 0.3) is 10.4 Å². The molecule has 6 nitrogen and oxygen atoms in total. The average Bonchev–Trinajstić information content (AvgIpc) is 2.98. The van der Waals surface area contributed by atoms with Gasteiger partial charge >= 0.3 is 5.97 Å². The number of hydrogen-bond donors (Lipinski definition) is 1. The molecule has 0 spiro atoms. The van der Waals surface area contributed by atoms with Crippen molar-refractivity contribution < 1.29 is 19.4 Å². The summed E-state index contributed by atoms with van der Waals surface area (Å²) in [6.07, 6.45) is 0.675. The van der Waals surface area contributed by atoms with Crippen LogP contribution in [0.2, 0.25) is 0 Å². The van der Waals surface area contributed by atoms with E-state index in [1.54, 1.807) is 7.11 Å². The zero-order valence-corrected chi connectivity index (χ0v) is 14.5. The van der Waals surface area contributed by atoms with Gasteiger partial charge in [-0.05, 0) is 12.0 Å². The van der Waals surface area contributed by atoms with Gasteiger partial charge in [-0.3, -0.25) is 9.59 Å². The van der Waals surface area contributed by atoms with Crippen LogP contribution in [0.5, 0.6) is 0 Å². The summed E-state index contributed by atoms with van der Waals surface area (Å²) in [4.78, 5) is 30.4. The van der Waals surface area contributed by atoms with Gasteiger partial charge in [0.2, 0.25) is 0 Å². The van der Waals surface area contributed by atoms with Gasteiger partial charge in [0.05, 0.1) is 11.5 Å². The Morgan fingerprint density at radius 2 is 2.00 bits per heavy atom. The topological polar surface area (TPSA) is 79.7 Å². The number of carboxylic acid groups (broad SMARTS) is 1. The molecular weight excluding hydrogens is 328 g/mol. The second kappa shape index (κ2) is 8.56. The summed E-state index contributed by atoms with van der Waals surface area (Å²) in [5.74, 6) is -1.40. The van der Waals surface area contributed by atoms with Gasteiger partial charge < -0.3 is 14.7 Å². The maximum absolute atomic E-state index is 12.8. The fourth-order valence-electron chi connectivity index (χ4n) is 2.32. The lowest BCUT2D eigenvalue weighted by Gasteiger charge is -2.19. The molecule has 1 N–H and O–H groups in total. The Labute approximate surface area is 144 Å². The number of aromatic nitrogens is 1. The number of rotatable bonds is 8. The number of benzene rings is 1. The molecule has 0 aliphatic carbocycles. The molecule has 0 saturated heterocycles. The van der Waals surface area contributed by atoms with Crippen LogP contribution >= 0.6 is 11.3 Å². The fraction of sp³-hybridized carbons (Fsp3) is 0.353. The van der Waals surface area contributed by atoms with Crippen molar-refractivity contribution in [2.75, 3.05) is 20.2 Å². The van der Waals surface area contributed by atoms with Crippen LogP contribution in [0.15, 0.2) is 30.3 Å². The third-order valence-electron chi connectivity index (χ3n) is 3.28. The highest BCUT2D eigenvalue weighted by Gasteiger charge is 2.25. The average molecular weight is 348 g/mol. The van der Waals surface area contributed by atoms with Crippen molar-refractivity contribution in [1.29, 1.82) is 0 Å². The summed E-state index contributed by atoms with van der Waals surface area (Å²) in [7, 11) is 1.57. The van der Waals surface area contributed by atoms with Crippen molar-refractivity contribution in [3.63, 3.8) is 0 Å². The summed E-state index contributed by atoms with van der Waals surface area (Å²) in [5, 5.41) is 9.74. The van der Waals surface area contributed by atoms with Crippen molar-refractivity contribution in [2.45, 2.75) is 20.0 Å². The van der Waals surface area contributed by atoms with E-state index >= 15 is 0 Å². The van der Waals surface area contributed by atoms with E-state index < -0.39 is 5.97 Å². The van der Waals surface area contributed by atoms with Crippen molar-refractivity contribution >= 4 is 23.2 Å². The minimum absolute atomic E-state index is 0.285. The van der Waals surface area contributed by atoms with Crippen LogP contribution in [0, 0.1) is 0 Å². The van der Waals surface area contributed by atoms with Crippen molar-refractivity contribution in [3.05, 3.63) is 41.0 Å². The lowest BCUT2D eigenvalue weighted by atomic mass is 10.1. The molecule has 0 aliphatic heterocycles. The van der Waals surface area contributed by atoms with Gasteiger partial charge in [0.15, 0.2) is 0 Å². The maximum Gasteiger partial charge on any atom is 0.323 e. The molecular formula is C17H20N2O4S. The standard InChI is InChI=1S/C17H20N2O4S/c1-3-9-19(10-14(20)21)17(22)15-16(12-7-5-4-6-8-12)24-13(18-15)11-23-2/h4-8H,3,9-11H2,1-2H3,(H,20,21). The van der Waals surface area contributed by atoms with Crippen molar-refractivity contribution in [3.8, 4) is 10.4 Å². The Balaban J connectivity index is 2.42. The Kier molecular flexibility index (Phi) is 6.45. The van der Waals surface area contributed by atoms with E-state index in [0.717, 1.165) is 10.4 Å². The normalized spacial score (nSPS) is 10.6. The zero-order valence-electron chi connectivity index (χ0n) is 13.7. The number of carbonyl (C=O) groups excluding carboxylic acids is 1. The second-order valence-electron chi connectivity index (χ2n) is 5.20. The van der Waals surface area contributed by atoms with Crippen LogP contribution in [0.3, 0.4) is 0 Å². The van der Waals surface area contributed by atoms with Gasteiger partial charge in [0.25, 0.3) is 5.91 Å². The predicted octanol–water partition coefficient (Wildman–Crippen LogP) is 2.89. The summed E-state index contributed by atoms with van der Waals surface area (Å²) in [6.45, 7) is 2.25. The number of methoxy groups -OCH3 is 1. The highest BCUT2D eigenvalue weighted by molar-refractivity contribution is 7.15. The van der Waals surface area contributed by atoms with Crippen molar-refractivity contribution in [1.82, 2.24) is 9.88 Å². The Morgan fingerprint density at radius 1 is 1.29 bits per heavy atom. The van der Waals surface area contributed by atoms with Gasteiger partial charge in [0, 0.05) is 13.7 Å². The van der Waals surface area contributed by atoms with Gasteiger partial charge in [0.1, 0.15) is 17.2 Å². The fourth-order valence-corrected chi connectivity index (χ4v) is 3.35. The first-order chi connectivity index (χ1) is 11.6. The number of ether oxygens (including phenoxy) is 1. The van der Waals surface area contributed by atoms with Crippen LogP contribution in [-0.4, -0.2) is 47.1 Å². The zero-order chi connectivity index (χ0) is 17.5. The van der Waals surface area contributed by atoms with Gasteiger partial charge in [-0.2, -0.15) is 0 Å². The number of carboxylic acids is 1. The Bertz CT molecular complexity index is 700. The third-order valence-corrected chi connectivity index (χ3v) is 4.36. The number of aliphatic carboxylic acids is 1. The quantitative estimate of drug-likeness (QED) is 0.793. The van der Waals surface area contributed by atoms with E-state index in [4.69, 9.17) is 9.84 Å². The van der Waals surface area contributed by atoms with Crippen LogP contribution in [0.4, 0.5) is 0 Å². The molecule has 0 unspecified atom stereocenters. The molecule has 128 valence electrons. The molecule has 0 saturated carbocycles. The monoisotopic (exact) mass is 348 g/mol. The highest BCUT2D eigenvalue weighted by Crippen LogP contribution is 2.31. The molecule has 2 rings (SSSR count). The summed E-state index contributed by atoms with van der Waals surface area (Å²) in [5.41, 5.74) is 1.17.